The van der Waals surface area contributed by atoms with Gasteiger partial charge >= 0.3 is 10.2 Å². The van der Waals surface area contributed by atoms with Crippen LogP contribution in [0.15, 0.2) is 24.3 Å². The molecule has 3 rings (SSSR count). The highest BCUT2D eigenvalue weighted by Crippen LogP contribution is 2.35. The summed E-state index contributed by atoms with van der Waals surface area (Å²) in [5, 5.41) is 5.62. The monoisotopic (exact) mass is 586 g/mol. The summed E-state index contributed by atoms with van der Waals surface area (Å²) in [6, 6.07) is 4.51. The summed E-state index contributed by atoms with van der Waals surface area (Å²) in [4.78, 5) is 0. The van der Waals surface area contributed by atoms with E-state index >= 15 is 0 Å². The average molecular weight is 586 g/mol. The lowest BCUT2D eigenvalue weighted by Crippen LogP contribution is -2.48. The Hall–Kier alpha value is -1.64. The number of anilines is 3. The van der Waals surface area contributed by atoms with Gasteiger partial charge in [-0.1, -0.05) is 13.8 Å². The Morgan fingerprint density at radius 3 is 2.25 bits per heavy atom. The molecule has 0 spiro atoms. The lowest BCUT2D eigenvalue weighted by Gasteiger charge is -2.33. The van der Waals surface area contributed by atoms with Crippen molar-refractivity contribution in [3.63, 3.8) is 0 Å². The molecule has 2 aromatic carbocycles. The van der Waals surface area contributed by atoms with Crippen LogP contribution in [0.3, 0.4) is 0 Å². The van der Waals surface area contributed by atoms with Gasteiger partial charge in [0.2, 0.25) is 0 Å². The molecule has 0 bridgehead atoms. The highest BCUT2D eigenvalue weighted by molar-refractivity contribution is 14.1. The van der Waals surface area contributed by atoms with E-state index in [0.717, 1.165) is 10.4 Å². The predicted octanol–water partition coefficient (Wildman–Crippen LogP) is 4.71. The first-order valence-electron chi connectivity index (χ1n) is 9.91. The number of halogens is 5. The van der Waals surface area contributed by atoms with Gasteiger partial charge in [-0.05, 0) is 53.6 Å². The van der Waals surface area contributed by atoms with E-state index in [2.05, 4.69) is 10.6 Å². The Morgan fingerprint density at radius 2 is 1.66 bits per heavy atom. The van der Waals surface area contributed by atoms with E-state index in [-0.39, 0.29) is 36.9 Å². The Bertz CT molecular complexity index is 1090. The third kappa shape index (κ3) is 5.83. The molecule has 0 amide bonds. The molecule has 3 N–H and O–H groups in total. The first-order valence-corrected chi connectivity index (χ1v) is 12.4. The van der Waals surface area contributed by atoms with Crippen molar-refractivity contribution in [2.24, 2.45) is 0 Å². The van der Waals surface area contributed by atoms with Crippen LogP contribution in [0.1, 0.15) is 26.7 Å². The zero-order chi connectivity index (χ0) is 23.6. The molecule has 0 unspecified atom stereocenters. The fraction of sp³-hybridized carbons (Fsp3) is 0.400. The van der Waals surface area contributed by atoms with E-state index < -0.39 is 44.9 Å². The van der Waals surface area contributed by atoms with Crippen molar-refractivity contribution in [3.8, 4) is 0 Å². The summed E-state index contributed by atoms with van der Waals surface area (Å²) >= 11 is 1.86. The minimum absolute atomic E-state index is 0.141. The van der Waals surface area contributed by atoms with Gasteiger partial charge in [0.1, 0.15) is 17.2 Å². The fourth-order valence-corrected chi connectivity index (χ4v) is 5.20. The normalized spacial score (nSPS) is 15.9. The molecule has 1 aliphatic rings. The summed E-state index contributed by atoms with van der Waals surface area (Å²) in [5.74, 6) is -5.21. The molecular weight excluding hydrogens is 563 g/mol. The van der Waals surface area contributed by atoms with Crippen molar-refractivity contribution in [1.82, 2.24) is 9.62 Å². The van der Waals surface area contributed by atoms with Crippen molar-refractivity contribution in [3.05, 3.63) is 51.1 Å². The number of benzene rings is 2. The van der Waals surface area contributed by atoms with Gasteiger partial charge in [0.25, 0.3) is 0 Å². The molecule has 0 aromatic heterocycles. The second-order valence-corrected chi connectivity index (χ2v) is 10.7. The molecule has 0 aliphatic carbocycles. The van der Waals surface area contributed by atoms with E-state index in [9.17, 15) is 26.0 Å². The van der Waals surface area contributed by atoms with Crippen LogP contribution in [-0.2, 0) is 10.2 Å². The highest BCUT2D eigenvalue weighted by atomic mass is 127. The fourth-order valence-electron chi connectivity index (χ4n) is 3.47. The van der Waals surface area contributed by atoms with Crippen LogP contribution in [0, 0.1) is 26.8 Å². The van der Waals surface area contributed by atoms with Crippen molar-refractivity contribution in [2.45, 2.75) is 38.8 Å². The standard InChI is InChI=1S/C20H23F4IN4O2S/c1-11(2)26-13-5-7-29(8-6-13)32(30,31)28-19-16(23)10-15(22)18(24)20(19)27-17-4-3-12(25)9-14(17)21/h3-4,9-11,13,26-28H,5-8H2,1-2H3. The van der Waals surface area contributed by atoms with Crippen LogP contribution in [0.25, 0.3) is 0 Å². The van der Waals surface area contributed by atoms with Gasteiger partial charge in [-0.2, -0.15) is 12.7 Å². The molecule has 1 aliphatic heterocycles. The molecule has 176 valence electrons. The molecule has 0 atom stereocenters. The maximum absolute atomic E-state index is 14.6. The van der Waals surface area contributed by atoms with Crippen molar-refractivity contribution in [1.29, 1.82) is 0 Å². The number of nitrogens with one attached hydrogen (secondary N) is 3. The van der Waals surface area contributed by atoms with Crippen molar-refractivity contribution < 1.29 is 26.0 Å². The van der Waals surface area contributed by atoms with Crippen LogP contribution in [0.4, 0.5) is 34.6 Å². The maximum atomic E-state index is 14.6. The number of hydrogen-bond acceptors (Lipinski definition) is 4. The topological polar surface area (TPSA) is 73.5 Å². The number of piperidine rings is 1. The first-order chi connectivity index (χ1) is 15.0. The minimum atomic E-state index is -4.28. The molecule has 1 fully saturated rings. The molecule has 12 heteroatoms. The van der Waals surface area contributed by atoms with Gasteiger partial charge in [0.15, 0.2) is 17.5 Å². The zero-order valence-corrected chi connectivity index (χ0v) is 20.3. The molecule has 0 saturated carbocycles. The van der Waals surface area contributed by atoms with Gasteiger partial charge in [0, 0.05) is 34.8 Å². The lowest BCUT2D eigenvalue weighted by atomic mass is 10.1. The largest absolute Gasteiger partial charge is 0.349 e. The van der Waals surface area contributed by atoms with Crippen LogP contribution >= 0.6 is 22.6 Å². The summed E-state index contributed by atoms with van der Waals surface area (Å²) in [6.07, 6.45) is 1.08. The van der Waals surface area contributed by atoms with E-state index in [1.807, 2.05) is 41.2 Å². The van der Waals surface area contributed by atoms with Gasteiger partial charge in [-0.25, -0.2) is 17.6 Å². The third-order valence-electron chi connectivity index (χ3n) is 4.96. The molecule has 32 heavy (non-hydrogen) atoms. The van der Waals surface area contributed by atoms with Crippen molar-refractivity contribution >= 4 is 49.9 Å². The quantitative estimate of drug-likeness (QED) is 0.250. The van der Waals surface area contributed by atoms with Crippen LogP contribution in [0.5, 0.6) is 0 Å². The predicted molar refractivity (Wildman–Crippen MR) is 124 cm³/mol. The molecule has 1 heterocycles. The van der Waals surface area contributed by atoms with Crippen LogP contribution in [0.2, 0.25) is 0 Å². The number of rotatable bonds is 7. The third-order valence-corrected chi connectivity index (χ3v) is 7.13. The number of hydrogen-bond donors (Lipinski definition) is 3. The average Bonchev–Trinajstić information content (AvgIpc) is 2.70. The highest BCUT2D eigenvalue weighted by Gasteiger charge is 2.31. The first kappa shape index (κ1) is 25.0. The van der Waals surface area contributed by atoms with Crippen LogP contribution < -0.4 is 15.4 Å². The Balaban J connectivity index is 1.88. The van der Waals surface area contributed by atoms with E-state index in [0.29, 0.717) is 16.4 Å². The van der Waals surface area contributed by atoms with Gasteiger partial charge in [0.05, 0.1) is 5.69 Å². The Kier molecular flexibility index (Phi) is 7.89. The Labute approximate surface area is 198 Å². The SMILES string of the molecule is CC(C)NC1CCN(S(=O)(=O)Nc2c(F)cc(F)c(F)c2Nc2ccc(I)cc2F)CC1. The number of nitrogens with zero attached hydrogens (tertiary/aromatic N) is 1. The Morgan fingerprint density at radius 1 is 1.00 bits per heavy atom. The van der Waals surface area contributed by atoms with E-state index in [1.54, 1.807) is 0 Å². The van der Waals surface area contributed by atoms with Gasteiger partial charge < -0.3 is 10.6 Å². The smallest absolute Gasteiger partial charge is 0.301 e. The second kappa shape index (κ2) is 10.1. The minimum Gasteiger partial charge on any atom is -0.349 e. The lowest BCUT2D eigenvalue weighted by molar-refractivity contribution is 0.281. The molecule has 6 nitrogen and oxygen atoms in total. The zero-order valence-electron chi connectivity index (χ0n) is 17.4. The second-order valence-electron chi connectivity index (χ2n) is 7.76. The summed E-state index contributed by atoms with van der Waals surface area (Å²) in [7, 11) is -4.28. The van der Waals surface area contributed by atoms with E-state index in [4.69, 9.17) is 0 Å². The molecule has 2 aromatic rings. The molecular formula is C20H23F4IN4O2S. The van der Waals surface area contributed by atoms with Crippen molar-refractivity contribution in [2.75, 3.05) is 23.1 Å². The summed E-state index contributed by atoms with van der Waals surface area (Å²) in [5.41, 5.74) is -1.94. The van der Waals surface area contributed by atoms with Gasteiger partial charge in [-0.15, -0.1) is 0 Å². The van der Waals surface area contributed by atoms with E-state index in [1.165, 1.54) is 12.1 Å². The summed E-state index contributed by atoms with van der Waals surface area (Å²) < 4.78 is 86.6. The van der Waals surface area contributed by atoms with Crippen LogP contribution in [-0.4, -0.2) is 37.9 Å². The molecule has 1 saturated heterocycles. The molecule has 0 radical (unpaired) electrons. The van der Waals surface area contributed by atoms with Gasteiger partial charge in [-0.3, -0.25) is 4.72 Å². The summed E-state index contributed by atoms with van der Waals surface area (Å²) in [6.45, 7) is 4.31. The maximum Gasteiger partial charge on any atom is 0.301 e.